The number of hydrogen-bond acceptors (Lipinski definition) is 4. The number of carbonyl (C=O) groups excluding carboxylic acids is 2. The van der Waals surface area contributed by atoms with Crippen molar-refractivity contribution in [2.75, 3.05) is 7.11 Å². The summed E-state index contributed by atoms with van der Waals surface area (Å²) in [5, 5.41) is 0. The molecule has 0 bridgehead atoms. The number of methoxy groups -OCH3 is 1. The molecule has 0 aromatic carbocycles. The smallest absolute Gasteiger partial charge is 0.324 e. The molecule has 4 atom stereocenters. The van der Waals surface area contributed by atoms with Gasteiger partial charge < -0.3 is 9.47 Å². The van der Waals surface area contributed by atoms with E-state index in [4.69, 9.17) is 9.47 Å². The van der Waals surface area contributed by atoms with E-state index in [0.29, 0.717) is 0 Å². The molecule has 0 spiro atoms. The van der Waals surface area contributed by atoms with E-state index >= 15 is 0 Å². The van der Waals surface area contributed by atoms with Gasteiger partial charge in [0.2, 0.25) is 0 Å². The van der Waals surface area contributed by atoms with Gasteiger partial charge in [0.05, 0.1) is 7.11 Å². The van der Waals surface area contributed by atoms with Crippen molar-refractivity contribution in [3.05, 3.63) is 0 Å². The van der Waals surface area contributed by atoms with E-state index in [1.165, 1.54) is 7.11 Å². The zero-order valence-electron chi connectivity index (χ0n) is 7.99. The molecule has 0 amide bonds. The molecule has 76 valence electrons. The van der Waals surface area contributed by atoms with Crippen LogP contribution in [0.1, 0.15) is 19.3 Å². The number of carbonyl (C=O) groups is 2. The molecule has 0 aromatic heterocycles. The molecule has 3 rings (SSSR count). The fraction of sp³-hybridized carbons (Fsp3) is 0.800. The summed E-state index contributed by atoms with van der Waals surface area (Å²) in [5.74, 6) is -0.405. The Morgan fingerprint density at radius 2 is 2.36 bits per heavy atom. The first-order valence-corrected chi connectivity index (χ1v) is 5.02. The third kappa shape index (κ3) is 0.645. The number of ether oxygens (including phenoxy) is 2. The van der Waals surface area contributed by atoms with Gasteiger partial charge in [0.1, 0.15) is 6.10 Å². The first kappa shape index (κ1) is 8.26. The van der Waals surface area contributed by atoms with Crippen molar-refractivity contribution < 1.29 is 19.1 Å². The zero-order valence-corrected chi connectivity index (χ0v) is 7.99. The minimum absolute atomic E-state index is 0.0136. The van der Waals surface area contributed by atoms with Crippen LogP contribution in [0, 0.1) is 17.3 Å². The average molecular weight is 196 g/mol. The van der Waals surface area contributed by atoms with Gasteiger partial charge in [0, 0.05) is 5.92 Å². The van der Waals surface area contributed by atoms with Crippen LogP contribution in [0.5, 0.6) is 0 Å². The third-order valence-electron chi connectivity index (χ3n) is 3.96. The van der Waals surface area contributed by atoms with Crippen molar-refractivity contribution in [3.63, 3.8) is 0 Å². The number of rotatable bonds is 1. The summed E-state index contributed by atoms with van der Waals surface area (Å²) in [6.45, 7) is 0. The highest BCUT2D eigenvalue weighted by atomic mass is 16.6. The summed E-state index contributed by atoms with van der Waals surface area (Å²) >= 11 is 0. The van der Waals surface area contributed by atoms with E-state index in [-0.39, 0.29) is 29.9 Å². The predicted octanol–water partition coefficient (Wildman–Crippen LogP) is 0.501. The molecule has 14 heavy (non-hydrogen) atoms. The molecule has 0 aromatic rings. The molecule has 0 radical (unpaired) electrons. The third-order valence-corrected chi connectivity index (χ3v) is 3.96. The van der Waals surface area contributed by atoms with E-state index in [1.807, 2.05) is 0 Å². The molecule has 1 aliphatic heterocycles. The van der Waals surface area contributed by atoms with Gasteiger partial charge in [0.15, 0.2) is 5.41 Å². The average Bonchev–Trinajstić information content (AvgIpc) is 2.77. The molecule has 3 fully saturated rings. The summed E-state index contributed by atoms with van der Waals surface area (Å²) in [6.07, 6.45) is 2.91. The van der Waals surface area contributed by atoms with Gasteiger partial charge in [0.25, 0.3) is 0 Å². The van der Waals surface area contributed by atoms with Gasteiger partial charge in [-0.3, -0.25) is 9.59 Å². The molecule has 4 heteroatoms. The molecule has 4 unspecified atom stereocenters. The Balaban J connectivity index is 2.00. The largest absolute Gasteiger partial charge is 0.468 e. The number of esters is 2. The van der Waals surface area contributed by atoms with Gasteiger partial charge >= 0.3 is 11.9 Å². The van der Waals surface area contributed by atoms with Crippen LogP contribution < -0.4 is 0 Å². The lowest BCUT2D eigenvalue weighted by Crippen LogP contribution is -2.29. The lowest BCUT2D eigenvalue weighted by molar-refractivity contribution is -0.162. The zero-order chi connectivity index (χ0) is 9.92. The van der Waals surface area contributed by atoms with Crippen LogP contribution in [-0.4, -0.2) is 25.2 Å². The van der Waals surface area contributed by atoms with E-state index in [2.05, 4.69) is 0 Å². The van der Waals surface area contributed by atoms with Gasteiger partial charge in [-0.1, -0.05) is 0 Å². The maximum atomic E-state index is 11.6. The lowest BCUT2D eigenvalue weighted by Gasteiger charge is -2.20. The summed E-state index contributed by atoms with van der Waals surface area (Å²) in [6, 6.07) is 0. The molecule has 1 saturated heterocycles. The van der Waals surface area contributed by atoms with Crippen molar-refractivity contribution in [1.82, 2.24) is 0 Å². The second-order valence-corrected chi connectivity index (χ2v) is 4.37. The molecule has 2 aliphatic carbocycles. The fourth-order valence-corrected chi connectivity index (χ4v) is 3.36. The normalized spacial score (nSPS) is 48.1. The molecule has 1 heterocycles. The quantitative estimate of drug-likeness (QED) is 0.452. The SMILES string of the molecule is COC(=O)C12C(=O)OC3CCCC1C32. The Labute approximate surface area is 81.6 Å². The highest BCUT2D eigenvalue weighted by Crippen LogP contribution is 2.70. The Morgan fingerprint density at radius 1 is 1.57 bits per heavy atom. The summed E-state index contributed by atoms with van der Waals surface area (Å²) in [5.41, 5.74) is -0.893. The predicted molar refractivity (Wildman–Crippen MR) is 45.2 cm³/mol. The van der Waals surface area contributed by atoms with E-state index < -0.39 is 5.41 Å². The highest BCUT2D eigenvalue weighted by molar-refractivity contribution is 6.06. The van der Waals surface area contributed by atoms with Crippen LogP contribution >= 0.6 is 0 Å². The minimum Gasteiger partial charge on any atom is -0.468 e. The van der Waals surface area contributed by atoms with Crippen LogP contribution in [0.25, 0.3) is 0 Å². The van der Waals surface area contributed by atoms with Crippen LogP contribution in [0.2, 0.25) is 0 Å². The van der Waals surface area contributed by atoms with Crippen molar-refractivity contribution in [2.45, 2.75) is 25.4 Å². The maximum absolute atomic E-state index is 11.6. The summed E-state index contributed by atoms with van der Waals surface area (Å²) in [4.78, 5) is 23.2. The van der Waals surface area contributed by atoms with Gasteiger partial charge in [-0.2, -0.15) is 0 Å². The van der Waals surface area contributed by atoms with Gasteiger partial charge in [-0.25, -0.2) is 0 Å². The minimum atomic E-state index is -0.893. The first-order valence-electron chi connectivity index (χ1n) is 5.02. The summed E-state index contributed by atoms with van der Waals surface area (Å²) < 4.78 is 9.90. The monoisotopic (exact) mass is 196 g/mol. The number of hydrogen-bond donors (Lipinski definition) is 0. The molecule has 3 aliphatic rings. The molecule has 2 saturated carbocycles. The standard InChI is InChI=1S/C10H12O4/c1-13-8(11)10-5-3-2-4-6(7(5)10)14-9(10)12/h5-7H,2-4H2,1H3. The van der Waals surface area contributed by atoms with Crippen LogP contribution in [-0.2, 0) is 19.1 Å². The van der Waals surface area contributed by atoms with Crippen molar-refractivity contribution in [1.29, 1.82) is 0 Å². The Kier molecular flexibility index (Phi) is 1.36. The van der Waals surface area contributed by atoms with Crippen molar-refractivity contribution in [3.8, 4) is 0 Å². The molecular weight excluding hydrogens is 184 g/mol. The van der Waals surface area contributed by atoms with E-state index in [9.17, 15) is 9.59 Å². The maximum Gasteiger partial charge on any atom is 0.324 e. The number of fused-ring (bicyclic) bond motifs is 1. The molecule has 0 N–H and O–H groups in total. The van der Waals surface area contributed by atoms with Crippen LogP contribution in [0.4, 0.5) is 0 Å². The van der Waals surface area contributed by atoms with E-state index in [0.717, 1.165) is 19.3 Å². The fourth-order valence-electron chi connectivity index (χ4n) is 3.36. The summed E-state index contributed by atoms with van der Waals surface area (Å²) in [7, 11) is 1.34. The molecule has 4 nitrogen and oxygen atoms in total. The lowest BCUT2D eigenvalue weighted by atomic mass is 9.98. The Morgan fingerprint density at radius 3 is 3.00 bits per heavy atom. The van der Waals surface area contributed by atoms with Crippen LogP contribution in [0.3, 0.4) is 0 Å². The Bertz CT molecular complexity index is 314. The van der Waals surface area contributed by atoms with E-state index in [1.54, 1.807) is 0 Å². The van der Waals surface area contributed by atoms with Crippen LogP contribution in [0.15, 0.2) is 0 Å². The second kappa shape index (κ2) is 2.30. The first-order chi connectivity index (χ1) is 6.72. The Hall–Kier alpha value is -1.06. The highest BCUT2D eigenvalue weighted by Gasteiger charge is 2.83. The van der Waals surface area contributed by atoms with Gasteiger partial charge in [-0.15, -0.1) is 0 Å². The van der Waals surface area contributed by atoms with Crippen molar-refractivity contribution >= 4 is 11.9 Å². The topological polar surface area (TPSA) is 52.6 Å². The van der Waals surface area contributed by atoms with Gasteiger partial charge in [-0.05, 0) is 25.2 Å². The molecular formula is C10H12O4. The second-order valence-electron chi connectivity index (χ2n) is 4.37. The van der Waals surface area contributed by atoms with Crippen molar-refractivity contribution in [2.24, 2.45) is 17.3 Å².